The molecule has 0 aromatic heterocycles. The van der Waals surface area contributed by atoms with Crippen LogP contribution >= 0.6 is 0 Å². The zero-order chi connectivity index (χ0) is 37.6. The highest BCUT2D eigenvalue weighted by molar-refractivity contribution is 6.74. The molecule has 280 valence electrons. The molecule has 1 fully saturated rings. The molecule has 1 aliphatic rings. The van der Waals surface area contributed by atoms with Gasteiger partial charge in [0.1, 0.15) is 30.3 Å². The first-order valence-electron chi connectivity index (χ1n) is 17.4. The summed E-state index contributed by atoms with van der Waals surface area (Å²) in [4.78, 5) is 37.2. The second-order valence-corrected chi connectivity index (χ2v) is 26.3. The Kier molecular flexibility index (Phi) is 14.9. The van der Waals surface area contributed by atoms with Gasteiger partial charge in [0.25, 0.3) is 0 Å². The third kappa shape index (κ3) is 11.7. The van der Waals surface area contributed by atoms with E-state index in [2.05, 4.69) is 74.7 Å². The monoisotopic (exact) mass is 724 g/mol. The minimum Gasteiger partial charge on any atom is -0.497 e. The maximum atomic E-state index is 12.7. The van der Waals surface area contributed by atoms with Crippen molar-refractivity contribution in [1.82, 2.24) is 0 Å². The molecule has 12 heteroatoms. The highest BCUT2D eigenvalue weighted by Gasteiger charge is 2.65. The molecule has 1 unspecified atom stereocenters. The van der Waals surface area contributed by atoms with Crippen LogP contribution in [-0.4, -0.2) is 85.7 Å². The van der Waals surface area contributed by atoms with Gasteiger partial charge in [0.15, 0.2) is 16.6 Å². The van der Waals surface area contributed by atoms with Crippen LogP contribution < -0.4 is 4.74 Å². The summed E-state index contributed by atoms with van der Waals surface area (Å²) in [5.74, 6) is -1.88. The van der Waals surface area contributed by atoms with E-state index < -0.39 is 58.2 Å². The Morgan fingerprint density at radius 3 is 1.96 bits per heavy atom. The zero-order valence-electron chi connectivity index (χ0n) is 32.8. The van der Waals surface area contributed by atoms with Crippen molar-refractivity contribution in [3.8, 4) is 5.75 Å². The molecule has 7 atom stereocenters. The summed E-state index contributed by atoms with van der Waals surface area (Å²) in [6.45, 7) is 29.2. The van der Waals surface area contributed by atoms with Crippen LogP contribution in [0.25, 0.3) is 0 Å². The number of methoxy groups -OCH3 is 1. The average Bonchev–Trinajstić information content (AvgIpc) is 3.67. The highest BCUT2D eigenvalue weighted by Crippen LogP contribution is 2.51. The first kappa shape index (κ1) is 43.1. The van der Waals surface area contributed by atoms with E-state index in [4.69, 9.17) is 32.5 Å². The van der Waals surface area contributed by atoms with Gasteiger partial charge in [-0.2, -0.15) is 0 Å². The number of benzene rings is 1. The van der Waals surface area contributed by atoms with Crippen LogP contribution in [0, 0.1) is 17.8 Å². The Bertz CT molecular complexity index is 1240. The molecule has 1 aromatic rings. The smallest absolute Gasteiger partial charge is 0.302 e. The predicted octanol–water partition coefficient (Wildman–Crippen LogP) is 7.34. The first-order valence-corrected chi connectivity index (χ1v) is 23.2. The largest absolute Gasteiger partial charge is 0.497 e. The number of hydrogen-bond acceptors (Lipinski definition) is 10. The normalized spacial score (nSPS) is 21.6. The van der Waals surface area contributed by atoms with Crippen LogP contribution in [0.3, 0.4) is 0 Å². The van der Waals surface area contributed by atoms with Gasteiger partial charge in [0, 0.05) is 32.3 Å². The van der Waals surface area contributed by atoms with Crippen LogP contribution in [0.15, 0.2) is 24.3 Å². The molecule has 1 saturated heterocycles. The van der Waals surface area contributed by atoms with E-state index in [-0.39, 0.29) is 35.3 Å². The molecule has 1 heterocycles. The number of rotatable bonds is 19. The Morgan fingerprint density at radius 2 is 1.49 bits per heavy atom. The van der Waals surface area contributed by atoms with Gasteiger partial charge in [0.2, 0.25) is 0 Å². The van der Waals surface area contributed by atoms with Crippen molar-refractivity contribution >= 4 is 34.9 Å². The van der Waals surface area contributed by atoms with Gasteiger partial charge >= 0.3 is 11.9 Å². The summed E-state index contributed by atoms with van der Waals surface area (Å²) < 4.78 is 43.5. The van der Waals surface area contributed by atoms with Gasteiger partial charge in [-0.05, 0) is 60.9 Å². The van der Waals surface area contributed by atoms with E-state index >= 15 is 0 Å². The molecule has 10 nitrogen and oxygen atoms in total. The van der Waals surface area contributed by atoms with Crippen LogP contribution in [0.1, 0.15) is 74.8 Å². The minimum absolute atomic E-state index is 0.00851. The summed E-state index contributed by atoms with van der Waals surface area (Å²) in [7, 11) is -3.20. The Morgan fingerprint density at radius 1 is 0.918 bits per heavy atom. The number of carbonyl (C=O) groups is 3. The molecule has 0 radical (unpaired) electrons. The number of hydrogen-bond donors (Lipinski definition) is 0. The number of ether oxygens (including phenoxy) is 5. The lowest BCUT2D eigenvalue weighted by Crippen LogP contribution is -2.57. The maximum Gasteiger partial charge on any atom is 0.302 e. The first-order chi connectivity index (χ1) is 22.4. The fourth-order valence-electron chi connectivity index (χ4n) is 5.43. The summed E-state index contributed by atoms with van der Waals surface area (Å²) in [5.41, 5.74) is 0.221. The zero-order valence-corrected chi connectivity index (χ0v) is 34.8. The SMILES string of the molecule is COc1ccc(COC[C@H](C)[C@H]2OC2(C)[C@@H](O[Si](C)(C)C(C)(C)C)[C@@H](CO[Si](C)(C)C(C)(C)C)[C@H](OC(C)=O)[C@@H](C=O)COC(C)=O)cc1. The van der Waals surface area contributed by atoms with Crippen molar-refractivity contribution in [2.24, 2.45) is 17.8 Å². The molecular formula is C37H64O10Si2. The standard InChI is InChI=1S/C37H64O10Si2/c1-25(21-42-22-28-16-18-30(41-11)19-17-28)33-37(10,46-33)34(47-49(14,15)36(7,8)9)31(24-44-48(12,13)35(4,5)6)32(45-27(3)40)29(20-38)23-43-26(2)39/h16-20,25,29,31-34H,21-24H2,1-15H3/t25-,29-,31-,32+,33+,34-,37?/m0/s1. The summed E-state index contributed by atoms with van der Waals surface area (Å²) in [6.07, 6.45) is -1.18. The number of aldehydes is 1. The summed E-state index contributed by atoms with van der Waals surface area (Å²) in [5, 5.41) is -0.271. The van der Waals surface area contributed by atoms with E-state index in [9.17, 15) is 14.4 Å². The van der Waals surface area contributed by atoms with Crippen molar-refractivity contribution in [1.29, 1.82) is 0 Å². The van der Waals surface area contributed by atoms with Crippen LogP contribution in [-0.2, 0) is 48.8 Å². The molecule has 0 bridgehead atoms. The molecule has 0 saturated carbocycles. The lowest BCUT2D eigenvalue weighted by atomic mass is 9.80. The highest BCUT2D eigenvalue weighted by atomic mass is 28.4. The molecular weight excluding hydrogens is 661 g/mol. The predicted molar refractivity (Wildman–Crippen MR) is 196 cm³/mol. The van der Waals surface area contributed by atoms with Gasteiger partial charge in [0.05, 0.1) is 38.4 Å². The maximum absolute atomic E-state index is 12.7. The third-order valence-corrected chi connectivity index (χ3v) is 19.6. The van der Waals surface area contributed by atoms with Crippen molar-refractivity contribution in [2.75, 3.05) is 26.9 Å². The fourth-order valence-corrected chi connectivity index (χ4v) is 7.87. The van der Waals surface area contributed by atoms with Crippen molar-refractivity contribution < 1.29 is 46.9 Å². The second kappa shape index (κ2) is 16.9. The van der Waals surface area contributed by atoms with Crippen LogP contribution in [0.2, 0.25) is 36.3 Å². The minimum atomic E-state index is -2.50. The van der Waals surface area contributed by atoms with Crippen LogP contribution in [0.4, 0.5) is 0 Å². The molecule has 0 N–H and O–H groups in total. The van der Waals surface area contributed by atoms with E-state index in [0.717, 1.165) is 11.3 Å². The van der Waals surface area contributed by atoms with E-state index in [1.165, 1.54) is 13.8 Å². The Balaban J connectivity index is 2.57. The second-order valence-electron chi connectivity index (χ2n) is 16.8. The lowest BCUT2D eigenvalue weighted by Gasteiger charge is -2.46. The van der Waals surface area contributed by atoms with Crippen LogP contribution in [0.5, 0.6) is 5.75 Å². The quantitative estimate of drug-likeness (QED) is 0.0621. The van der Waals surface area contributed by atoms with Crippen molar-refractivity contribution in [3.05, 3.63) is 29.8 Å². The van der Waals surface area contributed by atoms with Gasteiger partial charge in [-0.3, -0.25) is 9.59 Å². The van der Waals surface area contributed by atoms with E-state index in [1.54, 1.807) is 7.11 Å². The molecule has 2 rings (SSSR count). The van der Waals surface area contributed by atoms with Gasteiger partial charge in [-0.25, -0.2) is 0 Å². The lowest BCUT2D eigenvalue weighted by molar-refractivity contribution is -0.163. The van der Waals surface area contributed by atoms with E-state index in [1.807, 2.05) is 31.2 Å². The molecule has 1 aromatic carbocycles. The van der Waals surface area contributed by atoms with Crippen molar-refractivity contribution in [2.45, 2.75) is 136 Å². The van der Waals surface area contributed by atoms with E-state index in [0.29, 0.717) is 19.5 Å². The molecule has 0 amide bonds. The average molecular weight is 725 g/mol. The summed E-state index contributed by atoms with van der Waals surface area (Å²) in [6, 6.07) is 7.77. The Hall–Kier alpha value is -2.10. The molecule has 0 spiro atoms. The van der Waals surface area contributed by atoms with Crippen molar-refractivity contribution in [3.63, 3.8) is 0 Å². The topological polar surface area (TPSA) is 119 Å². The summed E-state index contributed by atoms with van der Waals surface area (Å²) >= 11 is 0. The van der Waals surface area contributed by atoms with Gasteiger partial charge in [-0.15, -0.1) is 0 Å². The molecule has 0 aliphatic carbocycles. The van der Waals surface area contributed by atoms with Gasteiger partial charge in [-0.1, -0.05) is 60.6 Å². The number of epoxide rings is 1. The van der Waals surface area contributed by atoms with Gasteiger partial charge < -0.3 is 37.3 Å². The Labute approximate surface area is 297 Å². The third-order valence-electron chi connectivity index (χ3n) is 10.6. The molecule has 1 aliphatic heterocycles. The fraction of sp³-hybridized carbons (Fsp3) is 0.757. The number of esters is 2. The number of carbonyl (C=O) groups excluding carboxylic acids is 3. The molecule has 49 heavy (non-hydrogen) atoms.